The number of rotatable bonds is 3. The molecule has 2 unspecified atom stereocenters. The van der Waals surface area contributed by atoms with Crippen LogP contribution in [0.15, 0.2) is 84.9 Å². The first kappa shape index (κ1) is 15.2. The highest BCUT2D eigenvalue weighted by Crippen LogP contribution is 2.41. The van der Waals surface area contributed by atoms with Crippen molar-refractivity contribution in [2.75, 3.05) is 0 Å². The first-order valence-electron chi connectivity index (χ1n) is 9.10. The van der Waals surface area contributed by atoms with Gasteiger partial charge in [0.25, 0.3) is 0 Å². The van der Waals surface area contributed by atoms with E-state index in [1.54, 1.807) is 0 Å². The highest BCUT2D eigenvalue weighted by molar-refractivity contribution is 5.63. The second-order valence-corrected chi connectivity index (χ2v) is 6.96. The Kier molecular flexibility index (Phi) is 4.46. The van der Waals surface area contributed by atoms with Gasteiger partial charge in [0.1, 0.15) is 0 Å². The molecule has 1 aliphatic rings. The molecule has 0 heteroatoms. The summed E-state index contributed by atoms with van der Waals surface area (Å²) in [6.45, 7) is 0. The molecule has 0 saturated heterocycles. The molecule has 1 fully saturated rings. The maximum Gasteiger partial charge on any atom is -0.0156 e. The molecular formula is C24H24. The Morgan fingerprint density at radius 3 is 1.62 bits per heavy atom. The van der Waals surface area contributed by atoms with E-state index in [1.807, 2.05) is 0 Å². The molecule has 120 valence electrons. The molecule has 4 rings (SSSR count). The molecule has 0 spiro atoms. The Bertz CT molecular complexity index is 756. The van der Waals surface area contributed by atoms with Gasteiger partial charge in [0.15, 0.2) is 0 Å². The van der Waals surface area contributed by atoms with Crippen LogP contribution in [0.5, 0.6) is 0 Å². The fourth-order valence-electron chi connectivity index (χ4n) is 4.10. The van der Waals surface area contributed by atoms with Crippen molar-refractivity contribution in [2.45, 2.75) is 37.5 Å². The first-order chi connectivity index (χ1) is 11.9. The third kappa shape index (κ3) is 3.28. The van der Waals surface area contributed by atoms with Crippen LogP contribution in [-0.2, 0) is 0 Å². The van der Waals surface area contributed by atoms with Crippen LogP contribution in [0.3, 0.4) is 0 Å². The summed E-state index contributed by atoms with van der Waals surface area (Å²) in [7, 11) is 0. The summed E-state index contributed by atoms with van der Waals surface area (Å²) in [6.07, 6.45) is 5.29. The maximum atomic E-state index is 2.35. The molecule has 0 heterocycles. The van der Waals surface area contributed by atoms with Crippen LogP contribution < -0.4 is 0 Å². The minimum atomic E-state index is 0.703. The Hall–Kier alpha value is -2.34. The van der Waals surface area contributed by atoms with Crippen LogP contribution in [0.25, 0.3) is 11.1 Å². The zero-order valence-electron chi connectivity index (χ0n) is 14.1. The molecular weight excluding hydrogens is 288 g/mol. The third-order valence-electron chi connectivity index (χ3n) is 5.43. The monoisotopic (exact) mass is 312 g/mol. The first-order valence-corrected chi connectivity index (χ1v) is 9.10. The molecule has 1 aliphatic carbocycles. The van der Waals surface area contributed by atoms with Crippen molar-refractivity contribution >= 4 is 0 Å². The predicted molar refractivity (Wildman–Crippen MR) is 102 cm³/mol. The largest absolute Gasteiger partial charge is 0.0622 e. The average molecular weight is 312 g/mol. The van der Waals surface area contributed by atoms with Crippen molar-refractivity contribution in [3.63, 3.8) is 0 Å². The van der Waals surface area contributed by atoms with Crippen molar-refractivity contribution < 1.29 is 0 Å². The van der Waals surface area contributed by atoms with Crippen molar-refractivity contribution in [3.05, 3.63) is 96.1 Å². The average Bonchev–Trinajstić information content (AvgIpc) is 2.70. The van der Waals surface area contributed by atoms with E-state index < -0.39 is 0 Å². The zero-order chi connectivity index (χ0) is 16.2. The Morgan fingerprint density at radius 2 is 1.00 bits per heavy atom. The van der Waals surface area contributed by atoms with E-state index >= 15 is 0 Å². The molecule has 0 aromatic heterocycles. The molecule has 2 atom stereocenters. The molecule has 0 radical (unpaired) electrons. The van der Waals surface area contributed by atoms with Gasteiger partial charge in [-0.2, -0.15) is 0 Å². The van der Waals surface area contributed by atoms with Gasteiger partial charge in [0, 0.05) is 0 Å². The zero-order valence-corrected chi connectivity index (χ0v) is 14.1. The smallest absolute Gasteiger partial charge is 0.0156 e. The lowest BCUT2D eigenvalue weighted by molar-refractivity contribution is 0.394. The predicted octanol–water partition coefficient (Wildman–Crippen LogP) is 6.80. The molecule has 24 heavy (non-hydrogen) atoms. The quantitative estimate of drug-likeness (QED) is 0.499. The normalized spacial score (nSPS) is 20.7. The Balaban J connectivity index is 1.51. The number of benzene rings is 3. The second-order valence-electron chi connectivity index (χ2n) is 6.96. The molecule has 3 aromatic carbocycles. The lowest BCUT2D eigenvalue weighted by atomic mass is 9.75. The van der Waals surface area contributed by atoms with E-state index in [0.717, 1.165) is 5.92 Å². The van der Waals surface area contributed by atoms with Gasteiger partial charge < -0.3 is 0 Å². The Morgan fingerprint density at radius 1 is 0.500 bits per heavy atom. The maximum absolute atomic E-state index is 2.35. The SMILES string of the molecule is c1ccc(-c2ccc(C3CCCC(c4ccccc4)C3)cc2)cc1. The van der Waals surface area contributed by atoms with Gasteiger partial charge in [0.05, 0.1) is 0 Å². The highest BCUT2D eigenvalue weighted by Gasteiger charge is 2.24. The summed E-state index contributed by atoms with van der Waals surface area (Å²) >= 11 is 0. The van der Waals surface area contributed by atoms with Crippen LogP contribution in [0.4, 0.5) is 0 Å². The summed E-state index contributed by atoms with van der Waals surface area (Å²) in [5.74, 6) is 1.42. The molecule has 0 amide bonds. The topological polar surface area (TPSA) is 0 Å². The van der Waals surface area contributed by atoms with Gasteiger partial charge in [-0.15, -0.1) is 0 Å². The fraction of sp³-hybridized carbons (Fsp3) is 0.250. The summed E-state index contributed by atoms with van der Waals surface area (Å²) < 4.78 is 0. The van der Waals surface area contributed by atoms with Gasteiger partial charge in [-0.1, -0.05) is 91.3 Å². The summed E-state index contributed by atoms with van der Waals surface area (Å²) in [6, 6.07) is 31.0. The van der Waals surface area contributed by atoms with Crippen molar-refractivity contribution in [3.8, 4) is 11.1 Å². The lowest BCUT2D eigenvalue weighted by Crippen LogP contribution is -2.12. The Labute approximate surface area is 145 Å². The second kappa shape index (κ2) is 7.05. The standard InChI is InChI=1S/C24H24/c1-3-8-19(9-4-1)21-14-16-22(17-15-21)24-13-7-12-23(18-24)20-10-5-2-6-11-20/h1-6,8-11,14-17,23-24H,7,12-13,18H2. The molecule has 0 aliphatic heterocycles. The van der Waals surface area contributed by atoms with E-state index in [1.165, 1.54) is 47.9 Å². The minimum Gasteiger partial charge on any atom is -0.0622 e. The van der Waals surface area contributed by atoms with Gasteiger partial charge >= 0.3 is 0 Å². The van der Waals surface area contributed by atoms with Crippen LogP contribution in [0.1, 0.15) is 48.6 Å². The van der Waals surface area contributed by atoms with E-state index in [-0.39, 0.29) is 0 Å². The van der Waals surface area contributed by atoms with Gasteiger partial charge in [-0.25, -0.2) is 0 Å². The molecule has 0 bridgehead atoms. The van der Waals surface area contributed by atoms with E-state index in [0.29, 0.717) is 5.92 Å². The summed E-state index contributed by atoms with van der Waals surface area (Å²) in [4.78, 5) is 0. The van der Waals surface area contributed by atoms with Crippen LogP contribution >= 0.6 is 0 Å². The molecule has 0 nitrogen and oxygen atoms in total. The highest BCUT2D eigenvalue weighted by atomic mass is 14.3. The number of hydrogen-bond acceptors (Lipinski definition) is 0. The summed E-state index contributed by atoms with van der Waals surface area (Å²) in [5, 5.41) is 0. The van der Waals surface area contributed by atoms with Gasteiger partial charge in [-0.3, -0.25) is 0 Å². The van der Waals surface area contributed by atoms with Crippen LogP contribution in [0.2, 0.25) is 0 Å². The molecule has 0 N–H and O–H groups in total. The van der Waals surface area contributed by atoms with Gasteiger partial charge in [0.2, 0.25) is 0 Å². The van der Waals surface area contributed by atoms with E-state index in [9.17, 15) is 0 Å². The lowest BCUT2D eigenvalue weighted by Gasteiger charge is -2.30. The number of hydrogen-bond donors (Lipinski definition) is 0. The fourth-order valence-corrected chi connectivity index (χ4v) is 4.10. The van der Waals surface area contributed by atoms with Crippen LogP contribution in [0, 0.1) is 0 Å². The van der Waals surface area contributed by atoms with E-state index in [4.69, 9.17) is 0 Å². The van der Waals surface area contributed by atoms with Gasteiger partial charge in [-0.05, 0) is 53.4 Å². The van der Waals surface area contributed by atoms with Crippen molar-refractivity contribution in [1.29, 1.82) is 0 Å². The minimum absolute atomic E-state index is 0.703. The third-order valence-corrected chi connectivity index (χ3v) is 5.43. The van der Waals surface area contributed by atoms with Crippen molar-refractivity contribution in [1.82, 2.24) is 0 Å². The molecule has 3 aromatic rings. The molecule has 1 saturated carbocycles. The van der Waals surface area contributed by atoms with E-state index in [2.05, 4.69) is 84.9 Å². The van der Waals surface area contributed by atoms with Crippen LogP contribution in [-0.4, -0.2) is 0 Å². The summed E-state index contributed by atoms with van der Waals surface area (Å²) in [5.41, 5.74) is 5.64. The van der Waals surface area contributed by atoms with Crippen molar-refractivity contribution in [2.24, 2.45) is 0 Å².